The first-order chi connectivity index (χ1) is 9.17. The normalized spacial score (nSPS) is 12.7. The highest BCUT2D eigenvalue weighted by molar-refractivity contribution is 7.99. The van der Waals surface area contributed by atoms with Crippen LogP contribution in [-0.4, -0.2) is 24.2 Å². The van der Waals surface area contributed by atoms with Crippen molar-refractivity contribution in [2.24, 2.45) is 0 Å². The van der Waals surface area contributed by atoms with Crippen LogP contribution in [0.25, 0.3) is 0 Å². The summed E-state index contributed by atoms with van der Waals surface area (Å²) in [6.45, 7) is 10.5. The van der Waals surface area contributed by atoms with E-state index in [-0.39, 0.29) is 0 Å². The first kappa shape index (κ1) is 16.4. The minimum absolute atomic E-state index is 0.410. The molecule has 1 aromatic carbocycles. The van der Waals surface area contributed by atoms with E-state index in [0.29, 0.717) is 11.3 Å². The third-order valence-corrected chi connectivity index (χ3v) is 4.00. The molecule has 0 radical (unpaired) electrons. The van der Waals surface area contributed by atoms with Crippen LogP contribution in [0.5, 0.6) is 5.75 Å². The van der Waals surface area contributed by atoms with Gasteiger partial charge in [0.1, 0.15) is 5.75 Å². The fourth-order valence-corrected chi connectivity index (χ4v) is 2.76. The summed E-state index contributed by atoms with van der Waals surface area (Å²) in [6, 6.07) is 8.88. The lowest BCUT2D eigenvalue weighted by Crippen LogP contribution is -2.24. The first-order valence-corrected chi connectivity index (χ1v) is 8.30. The van der Waals surface area contributed by atoms with E-state index in [0.717, 1.165) is 31.1 Å². The molecule has 3 heteroatoms. The van der Waals surface area contributed by atoms with Gasteiger partial charge in [0, 0.05) is 11.8 Å². The number of nitrogens with one attached hydrogen (secondary N) is 1. The molecule has 0 aromatic heterocycles. The zero-order valence-corrected chi connectivity index (χ0v) is 13.4. The predicted octanol–water partition coefficient (Wildman–Crippen LogP) is 4.27. The Morgan fingerprint density at radius 3 is 2.68 bits per heavy atom. The standard InChI is InChI=1S/C16H27NOS/c1-5-10-17-16(12-19-13(3)4)14-8-7-9-15(11-14)18-6-2/h7-9,11,13,16-17H,5-6,10,12H2,1-4H3. The van der Waals surface area contributed by atoms with Gasteiger partial charge in [-0.3, -0.25) is 0 Å². The molecule has 0 fully saturated rings. The van der Waals surface area contributed by atoms with E-state index < -0.39 is 0 Å². The average Bonchev–Trinajstić information content (AvgIpc) is 2.39. The SMILES string of the molecule is CCCNC(CSC(C)C)c1cccc(OCC)c1. The summed E-state index contributed by atoms with van der Waals surface area (Å²) in [6.07, 6.45) is 1.16. The lowest BCUT2D eigenvalue weighted by Gasteiger charge is -2.20. The topological polar surface area (TPSA) is 21.3 Å². The summed E-state index contributed by atoms with van der Waals surface area (Å²) in [7, 11) is 0. The van der Waals surface area contributed by atoms with Crippen molar-refractivity contribution in [1.29, 1.82) is 0 Å². The monoisotopic (exact) mass is 281 g/mol. The number of thioether (sulfide) groups is 1. The molecule has 0 spiro atoms. The fraction of sp³-hybridized carbons (Fsp3) is 0.625. The third-order valence-electron chi connectivity index (χ3n) is 2.81. The molecule has 0 aliphatic rings. The molecule has 1 aromatic rings. The predicted molar refractivity (Wildman–Crippen MR) is 86.2 cm³/mol. The van der Waals surface area contributed by atoms with Gasteiger partial charge in [-0.15, -0.1) is 0 Å². The summed E-state index contributed by atoms with van der Waals surface area (Å²) >= 11 is 2.00. The van der Waals surface area contributed by atoms with Gasteiger partial charge >= 0.3 is 0 Å². The van der Waals surface area contributed by atoms with Crippen molar-refractivity contribution in [2.45, 2.75) is 45.4 Å². The highest BCUT2D eigenvalue weighted by atomic mass is 32.2. The minimum atomic E-state index is 0.410. The van der Waals surface area contributed by atoms with Crippen LogP contribution >= 0.6 is 11.8 Å². The molecule has 0 amide bonds. The van der Waals surface area contributed by atoms with E-state index in [1.165, 1.54) is 5.56 Å². The molecule has 0 heterocycles. The van der Waals surface area contributed by atoms with Crippen LogP contribution in [0.4, 0.5) is 0 Å². The molecule has 1 N–H and O–H groups in total. The molecular formula is C16H27NOS. The number of rotatable bonds is 9. The maximum atomic E-state index is 5.59. The molecule has 108 valence electrons. The minimum Gasteiger partial charge on any atom is -0.494 e. The van der Waals surface area contributed by atoms with Crippen LogP contribution in [0, 0.1) is 0 Å². The van der Waals surface area contributed by atoms with Gasteiger partial charge < -0.3 is 10.1 Å². The second kappa shape index (κ2) is 9.27. The van der Waals surface area contributed by atoms with Crippen molar-refractivity contribution in [1.82, 2.24) is 5.32 Å². The van der Waals surface area contributed by atoms with Crippen molar-refractivity contribution in [3.8, 4) is 5.75 Å². The van der Waals surface area contributed by atoms with Gasteiger partial charge in [0.05, 0.1) is 6.61 Å². The molecule has 19 heavy (non-hydrogen) atoms. The Balaban J connectivity index is 2.73. The van der Waals surface area contributed by atoms with Gasteiger partial charge in [-0.1, -0.05) is 32.9 Å². The van der Waals surface area contributed by atoms with E-state index >= 15 is 0 Å². The third kappa shape index (κ3) is 6.35. The first-order valence-electron chi connectivity index (χ1n) is 7.25. The van der Waals surface area contributed by atoms with E-state index in [4.69, 9.17) is 4.74 Å². The Morgan fingerprint density at radius 2 is 2.05 bits per heavy atom. The van der Waals surface area contributed by atoms with Gasteiger partial charge in [-0.25, -0.2) is 0 Å². The second-order valence-corrected chi connectivity index (χ2v) is 6.50. The molecule has 1 atom stereocenters. The van der Waals surface area contributed by atoms with Crippen molar-refractivity contribution in [2.75, 3.05) is 18.9 Å². The smallest absolute Gasteiger partial charge is 0.119 e. The van der Waals surface area contributed by atoms with Crippen molar-refractivity contribution >= 4 is 11.8 Å². The number of benzene rings is 1. The van der Waals surface area contributed by atoms with Crippen LogP contribution in [0.1, 0.15) is 45.7 Å². The number of hydrogen-bond acceptors (Lipinski definition) is 3. The highest BCUT2D eigenvalue weighted by Gasteiger charge is 2.12. The Hall–Kier alpha value is -0.670. The van der Waals surface area contributed by atoms with Gasteiger partial charge in [0.25, 0.3) is 0 Å². The summed E-state index contributed by atoms with van der Waals surface area (Å²) < 4.78 is 5.59. The van der Waals surface area contributed by atoms with E-state index in [1.54, 1.807) is 0 Å². The second-order valence-electron chi connectivity index (χ2n) is 4.89. The van der Waals surface area contributed by atoms with Crippen LogP contribution in [0.2, 0.25) is 0 Å². The van der Waals surface area contributed by atoms with Gasteiger partial charge in [-0.05, 0) is 42.8 Å². The lowest BCUT2D eigenvalue weighted by atomic mass is 10.1. The molecule has 0 aliphatic carbocycles. The van der Waals surface area contributed by atoms with Crippen LogP contribution in [0.3, 0.4) is 0 Å². The molecule has 1 rings (SSSR count). The summed E-state index contributed by atoms with van der Waals surface area (Å²) in [5.41, 5.74) is 1.33. The van der Waals surface area contributed by atoms with E-state index in [1.807, 2.05) is 24.8 Å². The number of hydrogen-bond donors (Lipinski definition) is 1. The Bertz CT molecular complexity index is 354. The van der Waals surface area contributed by atoms with Crippen molar-refractivity contribution < 1.29 is 4.74 Å². The van der Waals surface area contributed by atoms with Gasteiger partial charge in [-0.2, -0.15) is 11.8 Å². The van der Waals surface area contributed by atoms with Crippen LogP contribution in [0.15, 0.2) is 24.3 Å². The molecule has 0 saturated carbocycles. The lowest BCUT2D eigenvalue weighted by molar-refractivity contribution is 0.339. The highest BCUT2D eigenvalue weighted by Crippen LogP contribution is 2.24. The summed E-state index contributed by atoms with van der Waals surface area (Å²) in [5, 5.41) is 4.30. The molecule has 0 saturated heterocycles. The summed E-state index contributed by atoms with van der Waals surface area (Å²) in [5.74, 6) is 2.07. The van der Waals surface area contributed by atoms with Crippen LogP contribution < -0.4 is 10.1 Å². The Labute approximate surface area is 122 Å². The molecule has 1 unspecified atom stereocenters. The average molecular weight is 281 g/mol. The maximum Gasteiger partial charge on any atom is 0.119 e. The molecule has 2 nitrogen and oxygen atoms in total. The molecule has 0 aliphatic heterocycles. The fourth-order valence-electron chi connectivity index (χ4n) is 1.87. The molecular weight excluding hydrogens is 254 g/mol. The van der Waals surface area contributed by atoms with Crippen molar-refractivity contribution in [3.05, 3.63) is 29.8 Å². The zero-order chi connectivity index (χ0) is 14.1. The quantitative estimate of drug-likeness (QED) is 0.730. The van der Waals surface area contributed by atoms with E-state index in [2.05, 4.69) is 44.3 Å². The van der Waals surface area contributed by atoms with Crippen LogP contribution in [-0.2, 0) is 0 Å². The van der Waals surface area contributed by atoms with Crippen molar-refractivity contribution in [3.63, 3.8) is 0 Å². The van der Waals surface area contributed by atoms with Gasteiger partial charge in [0.2, 0.25) is 0 Å². The zero-order valence-electron chi connectivity index (χ0n) is 12.6. The van der Waals surface area contributed by atoms with Gasteiger partial charge in [0.15, 0.2) is 0 Å². The molecule has 0 bridgehead atoms. The Kier molecular flexibility index (Phi) is 7.99. The number of ether oxygens (including phenoxy) is 1. The van der Waals surface area contributed by atoms with E-state index in [9.17, 15) is 0 Å². The Morgan fingerprint density at radius 1 is 1.26 bits per heavy atom. The largest absolute Gasteiger partial charge is 0.494 e. The summed E-state index contributed by atoms with van der Waals surface area (Å²) in [4.78, 5) is 0. The maximum absolute atomic E-state index is 5.59.